The van der Waals surface area contributed by atoms with Crippen molar-refractivity contribution in [1.29, 1.82) is 0 Å². The van der Waals surface area contributed by atoms with E-state index in [9.17, 15) is 10.1 Å². The van der Waals surface area contributed by atoms with E-state index in [0.717, 1.165) is 5.69 Å². The molecule has 0 aliphatic rings. The van der Waals surface area contributed by atoms with E-state index in [0.29, 0.717) is 23.7 Å². The van der Waals surface area contributed by atoms with Crippen molar-refractivity contribution < 1.29 is 4.92 Å². The summed E-state index contributed by atoms with van der Waals surface area (Å²) in [6, 6.07) is 4.68. The molecule has 0 spiro atoms. The van der Waals surface area contributed by atoms with Crippen LogP contribution in [0.1, 0.15) is 11.3 Å². The second kappa shape index (κ2) is 5.81. The molecular formula is C12H13ClN4O2. The molecule has 2 aromatic rings. The maximum absolute atomic E-state index is 11.0. The Morgan fingerprint density at radius 1 is 1.53 bits per heavy atom. The Kier molecular flexibility index (Phi) is 4.13. The lowest BCUT2D eigenvalue weighted by atomic mass is 10.2. The Morgan fingerprint density at radius 2 is 2.32 bits per heavy atom. The molecule has 0 aliphatic carbocycles. The molecule has 0 saturated heterocycles. The SMILES string of the molecule is CNCc1cn(Cc2ccc(Cl)cc2[N+](=O)[O-])cn1. The Balaban J connectivity index is 2.24. The highest BCUT2D eigenvalue weighted by Crippen LogP contribution is 2.24. The predicted octanol–water partition coefficient (Wildman–Crippen LogP) is 2.21. The summed E-state index contributed by atoms with van der Waals surface area (Å²) < 4.78 is 1.81. The smallest absolute Gasteiger partial charge is 0.275 e. The number of nitrogens with one attached hydrogen (secondary N) is 1. The summed E-state index contributed by atoms with van der Waals surface area (Å²) >= 11 is 5.78. The summed E-state index contributed by atoms with van der Waals surface area (Å²) in [6.45, 7) is 1.06. The van der Waals surface area contributed by atoms with Crippen molar-refractivity contribution >= 4 is 17.3 Å². The zero-order valence-electron chi connectivity index (χ0n) is 10.3. The Hall–Kier alpha value is -1.92. The number of nitro benzene ring substituents is 1. The monoisotopic (exact) mass is 280 g/mol. The molecule has 0 saturated carbocycles. The average molecular weight is 281 g/mol. The molecule has 2 rings (SSSR count). The van der Waals surface area contributed by atoms with Gasteiger partial charge in [0.2, 0.25) is 0 Å². The van der Waals surface area contributed by atoms with Gasteiger partial charge in [-0.05, 0) is 19.2 Å². The van der Waals surface area contributed by atoms with Gasteiger partial charge in [-0.15, -0.1) is 0 Å². The molecule has 0 fully saturated rings. The highest BCUT2D eigenvalue weighted by atomic mass is 35.5. The fraction of sp³-hybridized carbons (Fsp3) is 0.250. The standard InChI is InChI=1S/C12H13ClN4O2/c1-14-5-11-7-16(8-15-11)6-9-2-3-10(13)4-12(9)17(18)19/h2-4,7-8,14H,5-6H2,1H3. The number of rotatable bonds is 5. The van der Waals surface area contributed by atoms with Crippen LogP contribution in [0.25, 0.3) is 0 Å². The van der Waals surface area contributed by atoms with Gasteiger partial charge in [0, 0.05) is 29.4 Å². The molecule has 1 aromatic heterocycles. The van der Waals surface area contributed by atoms with Crippen LogP contribution in [-0.4, -0.2) is 21.5 Å². The minimum Gasteiger partial charge on any atom is -0.332 e. The van der Waals surface area contributed by atoms with Gasteiger partial charge in [-0.2, -0.15) is 0 Å². The lowest BCUT2D eigenvalue weighted by Gasteiger charge is -2.04. The van der Waals surface area contributed by atoms with Gasteiger partial charge in [0.25, 0.3) is 5.69 Å². The van der Waals surface area contributed by atoms with Gasteiger partial charge in [0.15, 0.2) is 0 Å². The van der Waals surface area contributed by atoms with Crippen molar-refractivity contribution in [3.8, 4) is 0 Å². The van der Waals surface area contributed by atoms with Crippen LogP contribution in [-0.2, 0) is 13.1 Å². The maximum atomic E-state index is 11.0. The third kappa shape index (κ3) is 3.30. The molecular weight excluding hydrogens is 268 g/mol. The fourth-order valence-electron chi connectivity index (χ4n) is 1.80. The van der Waals surface area contributed by atoms with Crippen LogP contribution in [0, 0.1) is 10.1 Å². The molecule has 1 heterocycles. The zero-order valence-corrected chi connectivity index (χ0v) is 11.1. The number of imidazole rings is 1. The number of benzene rings is 1. The van der Waals surface area contributed by atoms with Crippen molar-refractivity contribution in [3.05, 3.63) is 57.1 Å². The van der Waals surface area contributed by atoms with Crippen LogP contribution in [0.5, 0.6) is 0 Å². The van der Waals surface area contributed by atoms with E-state index >= 15 is 0 Å². The van der Waals surface area contributed by atoms with Gasteiger partial charge in [-0.3, -0.25) is 10.1 Å². The van der Waals surface area contributed by atoms with E-state index in [1.54, 1.807) is 18.5 Å². The molecule has 7 heteroatoms. The highest BCUT2D eigenvalue weighted by Gasteiger charge is 2.14. The molecule has 1 aromatic carbocycles. The summed E-state index contributed by atoms with van der Waals surface area (Å²) in [4.78, 5) is 14.8. The summed E-state index contributed by atoms with van der Waals surface area (Å²) in [5.41, 5.74) is 1.51. The first-order valence-corrected chi connectivity index (χ1v) is 6.06. The number of nitro groups is 1. The van der Waals surface area contributed by atoms with Crippen LogP contribution < -0.4 is 5.32 Å². The summed E-state index contributed by atoms with van der Waals surface area (Å²) in [5, 5.41) is 14.3. The number of halogens is 1. The molecule has 0 aliphatic heterocycles. The van der Waals surface area contributed by atoms with Crippen LogP contribution in [0.3, 0.4) is 0 Å². The molecule has 19 heavy (non-hydrogen) atoms. The third-order valence-electron chi connectivity index (χ3n) is 2.64. The largest absolute Gasteiger partial charge is 0.332 e. The summed E-state index contributed by atoms with van der Waals surface area (Å²) in [7, 11) is 1.84. The van der Waals surface area contributed by atoms with Crippen LogP contribution in [0.15, 0.2) is 30.7 Å². The second-order valence-electron chi connectivity index (χ2n) is 4.10. The van der Waals surface area contributed by atoms with Gasteiger partial charge in [0.1, 0.15) is 0 Å². The van der Waals surface area contributed by atoms with Gasteiger partial charge in [-0.25, -0.2) is 4.98 Å². The molecule has 0 bridgehead atoms. The van der Waals surface area contributed by atoms with Crippen molar-refractivity contribution in [3.63, 3.8) is 0 Å². The fourth-order valence-corrected chi connectivity index (χ4v) is 1.97. The second-order valence-corrected chi connectivity index (χ2v) is 4.53. The van der Waals surface area contributed by atoms with E-state index in [2.05, 4.69) is 10.3 Å². The maximum Gasteiger partial charge on any atom is 0.275 e. The minimum absolute atomic E-state index is 0.0244. The van der Waals surface area contributed by atoms with Crippen molar-refractivity contribution in [2.45, 2.75) is 13.1 Å². The molecule has 6 nitrogen and oxygen atoms in total. The van der Waals surface area contributed by atoms with E-state index in [-0.39, 0.29) is 5.69 Å². The average Bonchev–Trinajstić information content (AvgIpc) is 2.79. The van der Waals surface area contributed by atoms with Crippen molar-refractivity contribution in [1.82, 2.24) is 14.9 Å². The number of nitrogens with zero attached hydrogens (tertiary/aromatic N) is 3. The zero-order chi connectivity index (χ0) is 13.8. The molecule has 100 valence electrons. The topological polar surface area (TPSA) is 73.0 Å². The van der Waals surface area contributed by atoms with E-state index in [4.69, 9.17) is 11.6 Å². The van der Waals surface area contributed by atoms with Crippen LogP contribution in [0.2, 0.25) is 5.02 Å². The van der Waals surface area contributed by atoms with Crippen molar-refractivity contribution in [2.24, 2.45) is 0 Å². The van der Waals surface area contributed by atoms with E-state index in [1.807, 2.05) is 17.8 Å². The number of aromatic nitrogens is 2. The van der Waals surface area contributed by atoms with Gasteiger partial charge >= 0.3 is 0 Å². The molecule has 0 amide bonds. The van der Waals surface area contributed by atoms with Crippen LogP contribution >= 0.6 is 11.6 Å². The third-order valence-corrected chi connectivity index (χ3v) is 2.88. The molecule has 0 radical (unpaired) electrons. The van der Waals surface area contributed by atoms with Crippen LogP contribution in [0.4, 0.5) is 5.69 Å². The first-order valence-electron chi connectivity index (χ1n) is 5.68. The summed E-state index contributed by atoms with van der Waals surface area (Å²) in [5.74, 6) is 0. The van der Waals surface area contributed by atoms with Crippen molar-refractivity contribution in [2.75, 3.05) is 7.05 Å². The van der Waals surface area contributed by atoms with Gasteiger partial charge in [0.05, 0.1) is 23.5 Å². The van der Waals surface area contributed by atoms with Gasteiger partial charge < -0.3 is 9.88 Å². The normalized spacial score (nSPS) is 10.6. The van der Waals surface area contributed by atoms with Gasteiger partial charge in [-0.1, -0.05) is 11.6 Å². The number of hydrogen-bond acceptors (Lipinski definition) is 4. The first kappa shape index (κ1) is 13.5. The number of hydrogen-bond donors (Lipinski definition) is 1. The molecule has 1 N–H and O–H groups in total. The lowest BCUT2D eigenvalue weighted by Crippen LogP contribution is -2.05. The Morgan fingerprint density at radius 3 is 3.00 bits per heavy atom. The first-order chi connectivity index (χ1) is 9.10. The highest BCUT2D eigenvalue weighted by molar-refractivity contribution is 6.30. The van der Waals surface area contributed by atoms with E-state index in [1.165, 1.54) is 6.07 Å². The molecule has 0 atom stereocenters. The minimum atomic E-state index is -0.424. The lowest BCUT2D eigenvalue weighted by molar-refractivity contribution is -0.385. The quantitative estimate of drug-likeness (QED) is 0.673. The Bertz CT molecular complexity index is 597. The summed E-state index contributed by atoms with van der Waals surface area (Å²) in [6.07, 6.45) is 3.51. The predicted molar refractivity (Wildman–Crippen MR) is 72.2 cm³/mol. The van der Waals surface area contributed by atoms with E-state index < -0.39 is 4.92 Å². The Labute approximate surface area is 115 Å². The molecule has 0 unspecified atom stereocenters.